The molecule has 0 N–H and O–H groups in total. The fourth-order valence-corrected chi connectivity index (χ4v) is 4.75. The van der Waals surface area contributed by atoms with Gasteiger partial charge in [0.2, 0.25) is 0 Å². The summed E-state index contributed by atoms with van der Waals surface area (Å²) in [6.07, 6.45) is 0. The summed E-state index contributed by atoms with van der Waals surface area (Å²) in [5.74, 6) is -0.221. The number of esters is 2. The van der Waals surface area contributed by atoms with Crippen molar-refractivity contribution in [2.75, 3.05) is 24.7 Å². The van der Waals surface area contributed by atoms with Crippen LogP contribution in [0.15, 0.2) is 10.2 Å². The Morgan fingerprint density at radius 3 is 2.20 bits per heavy atom. The number of hydrogen-bond donors (Lipinski definition) is 0. The molecule has 2 aromatic rings. The van der Waals surface area contributed by atoms with E-state index in [-0.39, 0.29) is 23.4 Å². The van der Waals surface area contributed by atoms with Gasteiger partial charge in [-0.05, 0) is 33.3 Å². The molecule has 0 fully saturated rings. The number of aryl methyl sites for hydroxylation is 2. The zero-order valence-corrected chi connectivity index (χ0v) is 17.0. The van der Waals surface area contributed by atoms with Crippen molar-refractivity contribution in [3.8, 4) is 0 Å². The maximum Gasteiger partial charge on any atom is 0.316 e. The molecule has 2 rings (SSSR count). The topological polar surface area (TPSA) is 78.4 Å². The van der Waals surface area contributed by atoms with Gasteiger partial charge in [0, 0.05) is 10.3 Å². The van der Waals surface area contributed by atoms with Gasteiger partial charge in [0.1, 0.15) is 9.86 Å². The molecule has 0 saturated heterocycles. The lowest BCUT2D eigenvalue weighted by atomic mass is 10.2. The lowest BCUT2D eigenvalue weighted by Crippen LogP contribution is -2.08. The van der Waals surface area contributed by atoms with Crippen LogP contribution in [0.25, 0.3) is 10.2 Å². The third-order valence-corrected chi connectivity index (χ3v) is 6.10. The Bertz CT molecular complexity index is 776. The van der Waals surface area contributed by atoms with Crippen molar-refractivity contribution in [1.29, 1.82) is 0 Å². The number of rotatable bonds is 8. The minimum atomic E-state index is -0.296. The van der Waals surface area contributed by atoms with Crippen molar-refractivity contribution in [2.45, 2.75) is 37.9 Å². The van der Waals surface area contributed by atoms with E-state index in [9.17, 15) is 9.59 Å². The van der Waals surface area contributed by atoms with Crippen molar-refractivity contribution in [3.05, 3.63) is 10.4 Å². The fraction of sp³-hybridized carbons (Fsp3) is 0.500. The lowest BCUT2D eigenvalue weighted by Gasteiger charge is -2.07. The van der Waals surface area contributed by atoms with Gasteiger partial charge < -0.3 is 9.47 Å². The molecular formula is C16H20N2O4S3. The predicted molar refractivity (Wildman–Crippen MR) is 102 cm³/mol. The molecule has 0 saturated carbocycles. The van der Waals surface area contributed by atoms with Crippen LogP contribution in [0, 0.1) is 13.8 Å². The van der Waals surface area contributed by atoms with Crippen LogP contribution in [0.2, 0.25) is 0 Å². The summed E-state index contributed by atoms with van der Waals surface area (Å²) in [4.78, 5) is 34.3. The first-order valence-electron chi connectivity index (χ1n) is 7.80. The van der Waals surface area contributed by atoms with E-state index in [1.165, 1.54) is 23.5 Å². The average Bonchev–Trinajstić information content (AvgIpc) is 2.86. The molecule has 0 unspecified atom stereocenters. The summed E-state index contributed by atoms with van der Waals surface area (Å²) >= 11 is 4.16. The summed E-state index contributed by atoms with van der Waals surface area (Å²) in [7, 11) is 0. The van der Waals surface area contributed by atoms with Crippen molar-refractivity contribution in [2.24, 2.45) is 0 Å². The molecule has 9 heteroatoms. The molecule has 6 nitrogen and oxygen atoms in total. The Morgan fingerprint density at radius 2 is 1.60 bits per heavy atom. The first kappa shape index (κ1) is 20.0. The SMILES string of the molecule is CCOC(=O)CSc1nc(SCC(=O)OCC)c2c(C)c(C)sc2n1. The number of thioether (sulfide) groups is 2. The maximum atomic E-state index is 11.7. The number of carbonyl (C=O) groups is 2. The van der Waals surface area contributed by atoms with Gasteiger partial charge in [0.25, 0.3) is 0 Å². The molecule has 0 aromatic carbocycles. The van der Waals surface area contributed by atoms with Crippen LogP contribution in [0.3, 0.4) is 0 Å². The normalized spacial score (nSPS) is 10.9. The van der Waals surface area contributed by atoms with Gasteiger partial charge in [0.15, 0.2) is 5.16 Å². The van der Waals surface area contributed by atoms with Gasteiger partial charge in [-0.2, -0.15) is 0 Å². The first-order valence-corrected chi connectivity index (χ1v) is 10.6. The number of fused-ring (bicyclic) bond motifs is 1. The molecule has 0 amide bonds. The lowest BCUT2D eigenvalue weighted by molar-refractivity contribution is -0.140. The Labute approximate surface area is 159 Å². The molecule has 2 aromatic heterocycles. The van der Waals surface area contributed by atoms with Gasteiger partial charge >= 0.3 is 11.9 Å². The molecule has 0 aliphatic carbocycles. The summed E-state index contributed by atoms with van der Waals surface area (Å²) in [6.45, 7) is 8.32. The maximum absolute atomic E-state index is 11.7. The second-order valence-electron chi connectivity index (χ2n) is 4.96. The van der Waals surface area contributed by atoms with E-state index in [1.807, 2.05) is 13.8 Å². The highest BCUT2D eigenvalue weighted by Crippen LogP contribution is 2.36. The second kappa shape index (κ2) is 9.40. The van der Waals surface area contributed by atoms with Gasteiger partial charge in [-0.15, -0.1) is 11.3 Å². The molecule has 0 aliphatic rings. The van der Waals surface area contributed by atoms with E-state index in [1.54, 1.807) is 25.2 Å². The third kappa shape index (κ3) is 5.32. The average molecular weight is 401 g/mol. The van der Waals surface area contributed by atoms with Crippen LogP contribution in [0.5, 0.6) is 0 Å². The number of carbonyl (C=O) groups excluding carboxylic acids is 2. The Balaban J connectivity index is 2.26. The molecule has 0 aliphatic heterocycles. The monoisotopic (exact) mass is 400 g/mol. The fourth-order valence-electron chi connectivity index (χ4n) is 2.02. The molecule has 0 atom stereocenters. The first-order chi connectivity index (χ1) is 12.0. The summed E-state index contributed by atoms with van der Waals surface area (Å²) < 4.78 is 9.91. The molecule has 2 heterocycles. The van der Waals surface area contributed by atoms with Crippen LogP contribution in [-0.4, -0.2) is 46.6 Å². The van der Waals surface area contributed by atoms with E-state index in [4.69, 9.17) is 9.47 Å². The van der Waals surface area contributed by atoms with Gasteiger partial charge in [-0.3, -0.25) is 9.59 Å². The van der Waals surface area contributed by atoms with Crippen molar-refractivity contribution in [1.82, 2.24) is 9.97 Å². The molecule has 136 valence electrons. The minimum absolute atomic E-state index is 0.157. The zero-order chi connectivity index (χ0) is 18.4. The molecule has 25 heavy (non-hydrogen) atoms. The van der Waals surface area contributed by atoms with Crippen molar-refractivity contribution in [3.63, 3.8) is 0 Å². The van der Waals surface area contributed by atoms with E-state index < -0.39 is 0 Å². The number of hydrogen-bond acceptors (Lipinski definition) is 9. The zero-order valence-electron chi connectivity index (χ0n) is 14.6. The predicted octanol–water partition coefficient (Wildman–Crippen LogP) is 3.62. The van der Waals surface area contributed by atoms with Crippen LogP contribution < -0.4 is 0 Å². The summed E-state index contributed by atoms with van der Waals surface area (Å²) in [5, 5.41) is 2.22. The highest BCUT2D eigenvalue weighted by molar-refractivity contribution is 8.00. The van der Waals surface area contributed by atoms with Gasteiger partial charge in [-0.1, -0.05) is 23.5 Å². The van der Waals surface area contributed by atoms with E-state index >= 15 is 0 Å². The number of aromatic nitrogens is 2. The third-order valence-electron chi connectivity index (χ3n) is 3.23. The Kier molecular flexibility index (Phi) is 7.52. The Hall–Kier alpha value is -1.32. The summed E-state index contributed by atoms with van der Waals surface area (Å²) in [5.41, 5.74) is 1.12. The number of ether oxygens (including phenoxy) is 2. The standard InChI is InChI=1S/C16H20N2O4S3/c1-5-21-11(19)7-23-14-13-9(3)10(4)25-15(13)18-16(17-14)24-8-12(20)22-6-2/h5-8H2,1-4H3. The van der Waals surface area contributed by atoms with Gasteiger partial charge in [-0.25, -0.2) is 9.97 Å². The van der Waals surface area contributed by atoms with E-state index in [2.05, 4.69) is 9.97 Å². The van der Waals surface area contributed by atoms with Crippen LogP contribution in [-0.2, 0) is 19.1 Å². The molecule has 0 bridgehead atoms. The van der Waals surface area contributed by atoms with Crippen molar-refractivity contribution < 1.29 is 19.1 Å². The number of nitrogens with zero attached hydrogens (tertiary/aromatic N) is 2. The quantitative estimate of drug-likeness (QED) is 0.288. The van der Waals surface area contributed by atoms with E-state index in [0.29, 0.717) is 18.4 Å². The molecular weight excluding hydrogens is 380 g/mol. The van der Waals surface area contributed by atoms with E-state index in [0.717, 1.165) is 25.7 Å². The van der Waals surface area contributed by atoms with Gasteiger partial charge in [0.05, 0.1) is 24.7 Å². The van der Waals surface area contributed by atoms with Crippen LogP contribution in [0.4, 0.5) is 0 Å². The minimum Gasteiger partial charge on any atom is -0.465 e. The Morgan fingerprint density at radius 1 is 1.00 bits per heavy atom. The van der Waals surface area contributed by atoms with Crippen LogP contribution >= 0.6 is 34.9 Å². The largest absolute Gasteiger partial charge is 0.465 e. The highest BCUT2D eigenvalue weighted by atomic mass is 32.2. The smallest absolute Gasteiger partial charge is 0.316 e. The second-order valence-corrected chi connectivity index (χ2v) is 8.07. The molecule has 0 radical (unpaired) electrons. The summed E-state index contributed by atoms with van der Waals surface area (Å²) in [6, 6.07) is 0. The van der Waals surface area contributed by atoms with Crippen molar-refractivity contribution >= 4 is 57.0 Å². The molecule has 0 spiro atoms. The highest BCUT2D eigenvalue weighted by Gasteiger charge is 2.17. The van der Waals surface area contributed by atoms with Crippen LogP contribution in [0.1, 0.15) is 24.3 Å². The number of thiophene rings is 1.